The van der Waals surface area contributed by atoms with Gasteiger partial charge >= 0.3 is 0 Å². The van der Waals surface area contributed by atoms with Crippen molar-refractivity contribution in [2.75, 3.05) is 6.61 Å². The monoisotopic (exact) mass is 206 g/mol. The maximum absolute atomic E-state index is 5.76. The summed E-state index contributed by atoms with van der Waals surface area (Å²) in [7, 11) is 0. The van der Waals surface area contributed by atoms with Crippen molar-refractivity contribution in [1.82, 2.24) is 0 Å². The van der Waals surface area contributed by atoms with Crippen molar-refractivity contribution < 1.29 is 4.74 Å². The molecule has 0 radical (unpaired) electrons. The summed E-state index contributed by atoms with van der Waals surface area (Å²) in [4.78, 5) is 0. The molecule has 1 heteroatoms. The second-order valence-electron chi connectivity index (χ2n) is 4.21. The minimum atomic E-state index is 0.653. The predicted octanol–water partition coefficient (Wildman–Crippen LogP) is 4.06. The van der Waals surface area contributed by atoms with Crippen LogP contribution in [0.1, 0.15) is 39.2 Å². The molecule has 1 aromatic carbocycles. The molecule has 0 aromatic heterocycles. The normalized spacial score (nSPS) is 12.5. The van der Waals surface area contributed by atoms with Gasteiger partial charge in [-0.15, -0.1) is 0 Å². The molecule has 0 spiro atoms. The molecular weight excluding hydrogens is 184 g/mol. The lowest BCUT2D eigenvalue weighted by molar-refractivity contribution is 0.251. The van der Waals surface area contributed by atoms with Crippen LogP contribution in [0, 0.1) is 5.92 Å². The molecule has 0 heterocycles. The van der Waals surface area contributed by atoms with Crippen molar-refractivity contribution in [3.8, 4) is 5.75 Å². The average Bonchev–Trinajstić information content (AvgIpc) is 2.27. The number of ether oxygens (including phenoxy) is 1. The first-order valence-electron chi connectivity index (χ1n) is 5.98. The van der Waals surface area contributed by atoms with Crippen LogP contribution in [0.25, 0.3) is 0 Å². The fourth-order valence-electron chi connectivity index (χ4n) is 1.67. The molecule has 0 saturated heterocycles. The van der Waals surface area contributed by atoms with E-state index in [4.69, 9.17) is 4.74 Å². The van der Waals surface area contributed by atoms with Crippen LogP contribution < -0.4 is 4.74 Å². The van der Waals surface area contributed by atoms with Gasteiger partial charge in [-0.3, -0.25) is 0 Å². The van der Waals surface area contributed by atoms with Gasteiger partial charge in [0.1, 0.15) is 5.75 Å². The molecular formula is C14H22O. The van der Waals surface area contributed by atoms with Gasteiger partial charge in [-0.25, -0.2) is 0 Å². The highest BCUT2D eigenvalue weighted by atomic mass is 16.5. The zero-order chi connectivity index (χ0) is 11.1. The Morgan fingerprint density at radius 1 is 1.27 bits per heavy atom. The summed E-state index contributed by atoms with van der Waals surface area (Å²) in [6.07, 6.45) is 3.55. The van der Waals surface area contributed by atoms with Gasteiger partial charge in [0.15, 0.2) is 0 Å². The third-order valence-electron chi connectivity index (χ3n) is 2.62. The Morgan fingerprint density at radius 3 is 2.73 bits per heavy atom. The number of aryl methyl sites for hydroxylation is 1. The van der Waals surface area contributed by atoms with Crippen LogP contribution in [-0.2, 0) is 6.42 Å². The average molecular weight is 206 g/mol. The van der Waals surface area contributed by atoms with Crippen LogP contribution in [0.2, 0.25) is 0 Å². The summed E-state index contributed by atoms with van der Waals surface area (Å²) in [5.74, 6) is 1.66. The number of rotatable bonds is 6. The molecule has 15 heavy (non-hydrogen) atoms. The topological polar surface area (TPSA) is 9.23 Å². The highest BCUT2D eigenvalue weighted by Gasteiger charge is 2.02. The van der Waals surface area contributed by atoms with Crippen molar-refractivity contribution in [2.45, 2.75) is 40.0 Å². The van der Waals surface area contributed by atoms with Crippen LogP contribution in [0.3, 0.4) is 0 Å². The minimum Gasteiger partial charge on any atom is -0.493 e. The third-order valence-corrected chi connectivity index (χ3v) is 2.62. The molecule has 0 bridgehead atoms. The summed E-state index contributed by atoms with van der Waals surface area (Å²) < 4.78 is 5.76. The smallest absolute Gasteiger partial charge is 0.119 e. The molecule has 0 amide bonds. The van der Waals surface area contributed by atoms with Gasteiger partial charge in [-0.05, 0) is 36.5 Å². The Morgan fingerprint density at radius 2 is 2.07 bits per heavy atom. The van der Waals surface area contributed by atoms with E-state index in [9.17, 15) is 0 Å². The Hall–Kier alpha value is -0.980. The molecule has 0 aliphatic heterocycles. The molecule has 1 atom stereocenters. The lowest BCUT2D eigenvalue weighted by atomic mass is 10.1. The first-order valence-corrected chi connectivity index (χ1v) is 5.98. The fourth-order valence-corrected chi connectivity index (χ4v) is 1.67. The van der Waals surface area contributed by atoms with E-state index >= 15 is 0 Å². The van der Waals surface area contributed by atoms with E-state index in [0.29, 0.717) is 5.92 Å². The Kier molecular flexibility index (Phi) is 5.23. The van der Waals surface area contributed by atoms with Crippen LogP contribution in [0.15, 0.2) is 24.3 Å². The van der Waals surface area contributed by atoms with Gasteiger partial charge < -0.3 is 4.74 Å². The highest BCUT2D eigenvalue weighted by molar-refractivity contribution is 5.28. The van der Waals surface area contributed by atoms with E-state index in [1.165, 1.54) is 18.4 Å². The number of hydrogen-bond acceptors (Lipinski definition) is 1. The van der Waals surface area contributed by atoms with Crippen molar-refractivity contribution in [3.63, 3.8) is 0 Å². The van der Waals surface area contributed by atoms with E-state index in [-0.39, 0.29) is 0 Å². The molecule has 1 unspecified atom stereocenters. The Bertz CT molecular complexity index is 280. The van der Waals surface area contributed by atoms with Crippen LogP contribution in [0.5, 0.6) is 5.75 Å². The summed E-state index contributed by atoms with van der Waals surface area (Å²) in [5.41, 5.74) is 1.34. The zero-order valence-electron chi connectivity index (χ0n) is 10.1. The first kappa shape index (κ1) is 12.1. The number of benzene rings is 1. The molecule has 0 aliphatic carbocycles. The van der Waals surface area contributed by atoms with E-state index in [1.54, 1.807) is 0 Å². The maximum Gasteiger partial charge on any atom is 0.119 e. The quantitative estimate of drug-likeness (QED) is 0.682. The van der Waals surface area contributed by atoms with E-state index in [1.807, 2.05) is 6.07 Å². The lowest BCUT2D eigenvalue weighted by Crippen LogP contribution is -2.08. The highest BCUT2D eigenvalue weighted by Crippen LogP contribution is 2.15. The fraction of sp³-hybridized carbons (Fsp3) is 0.571. The molecule has 1 aromatic rings. The second kappa shape index (κ2) is 6.49. The molecule has 84 valence electrons. The minimum absolute atomic E-state index is 0.653. The van der Waals surface area contributed by atoms with E-state index < -0.39 is 0 Å². The first-order chi connectivity index (χ1) is 7.26. The van der Waals surface area contributed by atoms with Crippen molar-refractivity contribution in [1.29, 1.82) is 0 Å². The lowest BCUT2D eigenvalue weighted by Gasteiger charge is -2.12. The summed E-state index contributed by atoms with van der Waals surface area (Å²) in [6, 6.07) is 8.39. The number of hydrogen-bond donors (Lipinski definition) is 0. The maximum atomic E-state index is 5.76. The molecule has 0 N–H and O–H groups in total. The Labute approximate surface area is 93.5 Å². The van der Waals surface area contributed by atoms with Gasteiger partial charge in [0.05, 0.1) is 6.61 Å². The summed E-state index contributed by atoms with van der Waals surface area (Å²) >= 11 is 0. The zero-order valence-corrected chi connectivity index (χ0v) is 10.1. The largest absolute Gasteiger partial charge is 0.493 e. The molecule has 0 saturated carbocycles. The summed E-state index contributed by atoms with van der Waals surface area (Å²) in [5, 5.41) is 0. The van der Waals surface area contributed by atoms with Gasteiger partial charge in [0.2, 0.25) is 0 Å². The van der Waals surface area contributed by atoms with Crippen molar-refractivity contribution in [3.05, 3.63) is 29.8 Å². The van der Waals surface area contributed by atoms with Gasteiger partial charge in [0.25, 0.3) is 0 Å². The van der Waals surface area contributed by atoms with Crippen molar-refractivity contribution >= 4 is 0 Å². The second-order valence-corrected chi connectivity index (χ2v) is 4.21. The van der Waals surface area contributed by atoms with Crippen molar-refractivity contribution in [2.24, 2.45) is 5.92 Å². The molecule has 0 aliphatic rings. The predicted molar refractivity (Wildman–Crippen MR) is 65.4 cm³/mol. The third kappa shape index (κ3) is 4.37. The van der Waals surface area contributed by atoms with Gasteiger partial charge in [-0.1, -0.05) is 39.3 Å². The Balaban J connectivity index is 2.43. The van der Waals surface area contributed by atoms with Gasteiger partial charge in [-0.2, -0.15) is 0 Å². The molecule has 1 nitrogen and oxygen atoms in total. The van der Waals surface area contributed by atoms with Crippen LogP contribution in [-0.4, -0.2) is 6.61 Å². The molecule has 0 fully saturated rings. The standard InChI is InChI=1S/C14H22O/c1-4-7-12(3)11-15-14-9-6-8-13(5-2)10-14/h6,8-10,12H,4-5,7,11H2,1-3H3. The van der Waals surface area contributed by atoms with Crippen LogP contribution in [0.4, 0.5) is 0 Å². The van der Waals surface area contributed by atoms with Gasteiger partial charge in [0, 0.05) is 0 Å². The SMILES string of the molecule is CCCC(C)COc1cccc(CC)c1. The molecule has 1 rings (SSSR count). The summed E-state index contributed by atoms with van der Waals surface area (Å²) in [6.45, 7) is 7.46. The van der Waals surface area contributed by atoms with Crippen LogP contribution >= 0.6 is 0 Å². The van der Waals surface area contributed by atoms with E-state index in [2.05, 4.69) is 39.0 Å². The van der Waals surface area contributed by atoms with E-state index in [0.717, 1.165) is 18.8 Å².